The summed E-state index contributed by atoms with van der Waals surface area (Å²) in [5, 5.41) is 4.19. The van der Waals surface area contributed by atoms with Gasteiger partial charge in [-0.25, -0.2) is 0 Å². The largest absolute Gasteiger partial charge is 0.497 e. The van der Waals surface area contributed by atoms with Crippen LogP contribution in [0.3, 0.4) is 0 Å². The van der Waals surface area contributed by atoms with E-state index in [0.717, 1.165) is 24.5 Å². The van der Waals surface area contributed by atoms with Crippen molar-refractivity contribution in [3.8, 4) is 5.75 Å². The SMILES string of the molecule is COc1ccc2c(c1)CC[C@@H]1[C@@H]2CC[C@]2(C)[C@@H](Nc3cccc(C)c3)C[C@@H](Cl)C[C@@H]12. The van der Waals surface area contributed by atoms with Crippen molar-refractivity contribution in [2.75, 3.05) is 12.4 Å². The maximum absolute atomic E-state index is 6.91. The molecule has 0 aromatic heterocycles. The zero-order valence-electron chi connectivity index (χ0n) is 18.5. The van der Waals surface area contributed by atoms with E-state index < -0.39 is 0 Å². The quantitative estimate of drug-likeness (QED) is 0.539. The van der Waals surface area contributed by atoms with Crippen LogP contribution in [0.25, 0.3) is 0 Å². The number of alkyl halides is 1. The first-order valence-corrected chi connectivity index (χ1v) is 12.1. The number of hydrogen-bond acceptors (Lipinski definition) is 2. The molecule has 0 radical (unpaired) electrons. The highest BCUT2D eigenvalue weighted by atomic mass is 35.5. The molecule has 2 nitrogen and oxygen atoms in total. The second-order valence-electron chi connectivity index (χ2n) is 10.2. The second kappa shape index (κ2) is 7.79. The highest BCUT2D eigenvalue weighted by Crippen LogP contribution is 2.60. The number of nitrogens with one attached hydrogen (secondary N) is 1. The van der Waals surface area contributed by atoms with Crippen molar-refractivity contribution < 1.29 is 4.74 Å². The van der Waals surface area contributed by atoms with Crippen molar-refractivity contribution in [1.82, 2.24) is 0 Å². The molecule has 2 saturated carbocycles. The van der Waals surface area contributed by atoms with Gasteiger partial charge in [-0.05, 0) is 110 Å². The minimum atomic E-state index is 0.265. The van der Waals surface area contributed by atoms with Crippen LogP contribution in [0, 0.1) is 24.2 Å². The summed E-state index contributed by atoms with van der Waals surface area (Å²) < 4.78 is 5.49. The van der Waals surface area contributed by atoms with E-state index >= 15 is 0 Å². The van der Waals surface area contributed by atoms with Gasteiger partial charge in [0, 0.05) is 17.1 Å². The Bertz CT molecular complexity index is 927. The molecule has 0 aliphatic heterocycles. The van der Waals surface area contributed by atoms with Crippen LogP contribution in [0.1, 0.15) is 61.6 Å². The molecule has 5 rings (SSSR count). The molecule has 3 aliphatic carbocycles. The van der Waals surface area contributed by atoms with Crippen LogP contribution in [0.4, 0.5) is 5.69 Å². The average Bonchev–Trinajstić information content (AvgIpc) is 2.74. The number of hydrogen-bond donors (Lipinski definition) is 1. The second-order valence-corrected chi connectivity index (χ2v) is 10.8. The zero-order valence-corrected chi connectivity index (χ0v) is 19.2. The van der Waals surface area contributed by atoms with Gasteiger partial charge in [0.25, 0.3) is 0 Å². The molecular formula is C27H34ClNO. The summed E-state index contributed by atoms with van der Waals surface area (Å²) in [5.41, 5.74) is 5.94. The first-order chi connectivity index (χ1) is 14.5. The molecule has 3 aliphatic rings. The summed E-state index contributed by atoms with van der Waals surface area (Å²) in [6, 6.07) is 16.0. The van der Waals surface area contributed by atoms with Crippen LogP contribution in [0.2, 0.25) is 0 Å². The van der Waals surface area contributed by atoms with E-state index in [0.29, 0.717) is 23.3 Å². The first-order valence-electron chi connectivity index (χ1n) is 11.6. The lowest BCUT2D eigenvalue weighted by Crippen LogP contribution is -2.55. The molecule has 2 fully saturated rings. The molecule has 0 heterocycles. The fourth-order valence-corrected chi connectivity index (χ4v) is 7.34. The van der Waals surface area contributed by atoms with E-state index in [1.165, 1.54) is 42.5 Å². The molecule has 1 N–H and O–H groups in total. The molecule has 0 spiro atoms. The highest BCUT2D eigenvalue weighted by Gasteiger charge is 2.54. The van der Waals surface area contributed by atoms with Gasteiger partial charge in [0.05, 0.1) is 7.11 Å². The Morgan fingerprint density at radius 1 is 1.10 bits per heavy atom. The van der Waals surface area contributed by atoms with Crippen LogP contribution in [-0.2, 0) is 6.42 Å². The van der Waals surface area contributed by atoms with E-state index in [4.69, 9.17) is 16.3 Å². The van der Waals surface area contributed by atoms with Crippen LogP contribution >= 0.6 is 11.6 Å². The van der Waals surface area contributed by atoms with Gasteiger partial charge in [0.1, 0.15) is 5.75 Å². The molecule has 0 bridgehead atoms. The van der Waals surface area contributed by atoms with E-state index in [1.807, 2.05) is 0 Å². The lowest BCUT2D eigenvalue weighted by molar-refractivity contribution is -0.0124. The Kier molecular flexibility index (Phi) is 5.25. The number of methoxy groups -OCH3 is 1. The third kappa shape index (κ3) is 3.42. The van der Waals surface area contributed by atoms with E-state index in [-0.39, 0.29) is 5.38 Å². The van der Waals surface area contributed by atoms with Crippen molar-refractivity contribution >= 4 is 17.3 Å². The van der Waals surface area contributed by atoms with Crippen molar-refractivity contribution in [2.24, 2.45) is 17.3 Å². The minimum absolute atomic E-state index is 0.265. The predicted octanol–water partition coefficient (Wildman–Crippen LogP) is 6.95. The Morgan fingerprint density at radius 2 is 1.97 bits per heavy atom. The highest BCUT2D eigenvalue weighted by molar-refractivity contribution is 6.20. The number of anilines is 1. The first kappa shape index (κ1) is 20.2. The Balaban J connectivity index is 1.44. The maximum atomic E-state index is 6.91. The summed E-state index contributed by atoms with van der Waals surface area (Å²) >= 11 is 6.91. The van der Waals surface area contributed by atoms with Crippen LogP contribution < -0.4 is 10.1 Å². The summed E-state index contributed by atoms with van der Waals surface area (Å²) in [5.74, 6) is 3.10. The van der Waals surface area contributed by atoms with Crippen LogP contribution in [0.5, 0.6) is 5.75 Å². The summed E-state index contributed by atoms with van der Waals surface area (Å²) in [4.78, 5) is 0. The molecule has 2 aromatic rings. The van der Waals surface area contributed by atoms with E-state index in [9.17, 15) is 0 Å². The third-order valence-corrected chi connectivity index (χ3v) is 8.88. The lowest BCUT2D eigenvalue weighted by atomic mass is 9.49. The molecule has 0 unspecified atom stereocenters. The number of aryl methyl sites for hydroxylation is 2. The van der Waals surface area contributed by atoms with Gasteiger partial charge < -0.3 is 10.1 Å². The minimum Gasteiger partial charge on any atom is -0.497 e. The molecular weight excluding hydrogens is 390 g/mol. The van der Waals surface area contributed by atoms with Gasteiger partial charge in [-0.2, -0.15) is 0 Å². The summed E-state index contributed by atoms with van der Waals surface area (Å²) in [6.07, 6.45) is 7.24. The van der Waals surface area contributed by atoms with Gasteiger partial charge in [-0.15, -0.1) is 11.6 Å². The lowest BCUT2D eigenvalue weighted by Gasteiger charge is -2.58. The van der Waals surface area contributed by atoms with Crippen LogP contribution in [0.15, 0.2) is 42.5 Å². The van der Waals surface area contributed by atoms with Crippen molar-refractivity contribution in [2.45, 2.75) is 69.7 Å². The van der Waals surface area contributed by atoms with E-state index in [1.54, 1.807) is 12.7 Å². The Morgan fingerprint density at radius 3 is 2.77 bits per heavy atom. The van der Waals surface area contributed by atoms with Crippen molar-refractivity contribution in [3.63, 3.8) is 0 Å². The van der Waals surface area contributed by atoms with Gasteiger partial charge >= 0.3 is 0 Å². The smallest absolute Gasteiger partial charge is 0.119 e. The number of rotatable bonds is 3. The summed E-state index contributed by atoms with van der Waals surface area (Å²) in [7, 11) is 1.77. The van der Waals surface area contributed by atoms with E-state index in [2.05, 4.69) is 61.6 Å². The number of ether oxygens (including phenoxy) is 1. The fourth-order valence-electron chi connectivity index (χ4n) is 6.97. The maximum Gasteiger partial charge on any atom is 0.119 e. The van der Waals surface area contributed by atoms with Crippen molar-refractivity contribution in [1.29, 1.82) is 0 Å². The molecule has 6 atom stereocenters. The normalized spacial score (nSPS) is 35.0. The molecule has 2 aromatic carbocycles. The molecule has 0 saturated heterocycles. The van der Waals surface area contributed by atoms with Gasteiger partial charge in [-0.3, -0.25) is 0 Å². The zero-order chi connectivity index (χ0) is 20.9. The van der Waals surface area contributed by atoms with Gasteiger partial charge in [-0.1, -0.05) is 25.1 Å². The van der Waals surface area contributed by atoms with Crippen molar-refractivity contribution in [3.05, 3.63) is 59.2 Å². The molecule has 160 valence electrons. The average molecular weight is 424 g/mol. The fraction of sp³-hybridized carbons (Fsp3) is 0.556. The monoisotopic (exact) mass is 423 g/mol. The topological polar surface area (TPSA) is 21.3 Å². The predicted molar refractivity (Wildman–Crippen MR) is 126 cm³/mol. The van der Waals surface area contributed by atoms with Crippen LogP contribution in [-0.4, -0.2) is 18.5 Å². The summed E-state index contributed by atoms with van der Waals surface area (Å²) in [6.45, 7) is 4.72. The molecule has 0 amide bonds. The molecule has 3 heteroatoms. The number of benzene rings is 2. The third-order valence-electron chi connectivity index (χ3n) is 8.53. The standard InChI is InChI=1S/C27H34ClNO/c1-17-5-4-6-20(13-17)29-26-16-19(28)15-25-24-9-7-18-14-21(30-3)8-10-22(18)23(24)11-12-27(25,26)2/h4-6,8,10,13-14,19,23-26,29H,7,9,11-12,15-16H2,1-3H3/t19-,23+,24+,25-,26-,27-/m0/s1. The van der Waals surface area contributed by atoms with Gasteiger partial charge in [0.2, 0.25) is 0 Å². The number of halogens is 1. The van der Waals surface area contributed by atoms with Gasteiger partial charge in [0.15, 0.2) is 0 Å². The Labute approximate surface area is 186 Å². The Hall–Kier alpha value is -1.67. The number of fused-ring (bicyclic) bond motifs is 5. The molecule has 30 heavy (non-hydrogen) atoms.